The van der Waals surface area contributed by atoms with Crippen molar-refractivity contribution in [1.82, 2.24) is 14.8 Å². The molecule has 0 bridgehead atoms. The van der Waals surface area contributed by atoms with Gasteiger partial charge < -0.3 is 4.90 Å². The summed E-state index contributed by atoms with van der Waals surface area (Å²) >= 11 is 5.91. The van der Waals surface area contributed by atoms with Crippen LogP contribution in [0.3, 0.4) is 0 Å². The van der Waals surface area contributed by atoms with Crippen LogP contribution in [-0.2, 0) is 22.4 Å². The van der Waals surface area contributed by atoms with Crippen LogP contribution in [0.4, 0.5) is 0 Å². The van der Waals surface area contributed by atoms with Crippen LogP contribution < -0.4 is 0 Å². The Kier molecular flexibility index (Phi) is 8.54. The van der Waals surface area contributed by atoms with Crippen LogP contribution in [0.25, 0.3) is 0 Å². The number of rotatable bonds is 9. The molecule has 2 fully saturated rings. The SMILES string of the molecule is C[C@@H]1C[C@H]2C(=O)N([C@H](CC#N)C(=O)CCc3ccc(Cl)cn3)CCC(CCc3ccccc3)N2C1. The third-order valence-corrected chi connectivity index (χ3v) is 7.57. The summed E-state index contributed by atoms with van der Waals surface area (Å²) in [5, 5.41) is 10.1. The lowest BCUT2D eigenvalue weighted by Gasteiger charge is -2.31. The molecule has 0 N–H and O–H groups in total. The van der Waals surface area contributed by atoms with Gasteiger partial charge in [0.15, 0.2) is 5.78 Å². The molecule has 4 atom stereocenters. The van der Waals surface area contributed by atoms with E-state index in [1.165, 1.54) is 5.56 Å². The normalized spacial score (nSPS) is 23.4. The molecule has 7 heteroatoms. The molecule has 184 valence electrons. The molecule has 0 spiro atoms. The van der Waals surface area contributed by atoms with E-state index in [4.69, 9.17) is 11.6 Å². The summed E-state index contributed by atoms with van der Waals surface area (Å²) in [4.78, 5) is 35.4. The topological polar surface area (TPSA) is 77.3 Å². The third-order valence-electron chi connectivity index (χ3n) is 7.35. The second-order valence-electron chi connectivity index (χ2n) is 9.86. The number of benzene rings is 1. The summed E-state index contributed by atoms with van der Waals surface area (Å²) < 4.78 is 0. The average Bonchev–Trinajstić information content (AvgIpc) is 3.21. The number of nitrogens with zero attached hydrogens (tertiary/aromatic N) is 4. The van der Waals surface area contributed by atoms with Crippen molar-refractivity contribution < 1.29 is 9.59 Å². The maximum absolute atomic E-state index is 13.7. The van der Waals surface area contributed by atoms with Gasteiger partial charge in [-0.25, -0.2) is 0 Å². The highest BCUT2D eigenvalue weighted by atomic mass is 35.5. The number of carbonyl (C=O) groups is 2. The van der Waals surface area contributed by atoms with Gasteiger partial charge >= 0.3 is 0 Å². The molecule has 2 saturated heterocycles. The minimum atomic E-state index is -0.703. The molecule has 4 rings (SSSR count). The number of pyridine rings is 1. The smallest absolute Gasteiger partial charge is 0.240 e. The van der Waals surface area contributed by atoms with Gasteiger partial charge in [0, 0.05) is 37.4 Å². The van der Waals surface area contributed by atoms with Crippen molar-refractivity contribution in [3.8, 4) is 6.07 Å². The quantitative estimate of drug-likeness (QED) is 0.516. The molecule has 2 aromatic rings. The van der Waals surface area contributed by atoms with E-state index < -0.39 is 6.04 Å². The highest BCUT2D eigenvalue weighted by molar-refractivity contribution is 6.30. The van der Waals surface area contributed by atoms with Gasteiger partial charge in [0.1, 0.15) is 6.04 Å². The highest BCUT2D eigenvalue weighted by Crippen LogP contribution is 2.33. The zero-order chi connectivity index (χ0) is 24.8. The number of aromatic nitrogens is 1. The molecular weight excluding hydrogens is 460 g/mol. The monoisotopic (exact) mass is 492 g/mol. The first kappa shape index (κ1) is 25.3. The molecule has 3 heterocycles. The number of carbonyl (C=O) groups excluding carboxylic acids is 2. The second kappa shape index (κ2) is 11.8. The van der Waals surface area contributed by atoms with Crippen molar-refractivity contribution >= 4 is 23.3 Å². The molecule has 0 saturated carbocycles. The predicted molar refractivity (Wildman–Crippen MR) is 136 cm³/mol. The summed E-state index contributed by atoms with van der Waals surface area (Å²) in [6, 6.07) is 15.5. The van der Waals surface area contributed by atoms with Crippen molar-refractivity contribution in [1.29, 1.82) is 5.26 Å². The molecule has 1 aromatic heterocycles. The van der Waals surface area contributed by atoms with Gasteiger partial charge in [0.05, 0.1) is 23.6 Å². The maximum atomic E-state index is 13.7. The van der Waals surface area contributed by atoms with E-state index in [1.54, 1.807) is 23.2 Å². The zero-order valence-corrected chi connectivity index (χ0v) is 21.0. The van der Waals surface area contributed by atoms with Gasteiger partial charge in [-0.2, -0.15) is 5.26 Å². The molecule has 2 aliphatic rings. The molecule has 1 aromatic carbocycles. The van der Waals surface area contributed by atoms with E-state index in [1.807, 2.05) is 6.07 Å². The Labute approximate surface area is 212 Å². The Morgan fingerprint density at radius 1 is 1.23 bits per heavy atom. The van der Waals surface area contributed by atoms with E-state index in [-0.39, 0.29) is 36.6 Å². The number of hydrogen-bond acceptors (Lipinski definition) is 5. The van der Waals surface area contributed by atoms with Crippen molar-refractivity contribution in [3.05, 3.63) is 64.9 Å². The fraction of sp³-hybridized carbons (Fsp3) is 0.500. The number of ketones is 1. The molecular formula is C28H33ClN4O2. The number of Topliss-reactive ketones (excluding diaryl/α,β-unsaturated/α-hetero) is 1. The van der Waals surface area contributed by atoms with Crippen LogP contribution >= 0.6 is 11.6 Å². The van der Waals surface area contributed by atoms with Gasteiger partial charge in [-0.3, -0.25) is 19.5 Å². The Morgan fingerprint density at radius 3 is 2.74 bits per heavy atom. The Balaban J connectivity index is 1.47. The number of aryl methyl sites for hydroxylation is 2. The molecule has 1 amide bonds. The number of hydrogen-bond donors (Lipinski definition) is 0. The van der Waals surface area contributed by atoms with Crippen LogP contribution in [-0.4, -0.2) is 57.7 Å². The zero-order valence-electron chi connectivity index (χ0n) is 20.3. The van der Waals surface area contributed by atoms with Crippen molar-refractivity contribution in [2.45, 2.75) is 70.0 Å². The van der Waals surface area contributed by atoms with Crippen molar-refractivity contribution in [2.75, 3.05) is 13.1 Å². The molecule has 6 nitrogen and oxygen atoms in total. The second-order valence-corrected chi connectivity index (χ2v) is 10.3. The first-order valence-corrected chi connectivity index (χ1v) is 12.9. The lowest BCUT2D eigenvalue weighted by Crippen LogP contribution is -2.50. The van der Waals surface area contributed by atoms with Crippen LogP contribution in [0, 0.1) is 17.2 Å². The van der Waals surface area contributed by atoms with Gasteiger partial charge in [-0.1, -0.05) is 48.9 Å². The minimum absolute atomic E-state index is 0.00905. The standard InChI is InChI=1S/C28H33ClN4O2/c1-20-17-26-28(35)32(16-14-24(33(26)19-20)11-7-21-5-3-2-4-6-21)25(13-15-30)27(34)12-10-23-9-8-22(29)18-31-23/h2-6,8-9,18,20,24-26H,7,10-14,16-17,19H2,1H3/t20-,24?,25-,26+/m1/s1. The maximum Gasteiger partial charge on any atom is 0.240 e. The van der Waals surface area contributed by atoms with Crippen molar-refractivity contribution in [3.63, 3.8) is 0 Å². The summed E-state index contributed by atoms with van der Waals surface area (Å²) in [5.74, 6) is 0.371. The lowest BCUT2D eigenvalue weighted by atomic mass is 9.99. The number of amides is 1. The van der Waals surface area contributed by atoms with E-state index >= 15 is 0 Å². The van der Waals surface area contributed by atoms with E-state index in [9.17, 15) is 14.9 Å². The summed E-state index contributed by atoms with van der Waals surface area (Å²) in [6.07, 6.45) is 5.86. The van der Waals surface area contributed by atoms with Gasteiger partial charge in [-0.15, -0.1) is 0 Å². The average molecular weight is 493 g/mol. The predicted octanol–water partition coefficient (Wildman–Crippen LogP) is 4.46. The summed E-state index contributed by atoms with van der Waals surface area (Å²) in [7, 11) is 0. The lowest BCUT2D eigenvalue weighted by molar-refractivity contribution is -0.142. The number of halogens is 1. The molecule has 0 aliphatic carbocycles. The number of nitriles is 1. The Morgan fingerprint density at radius 2 is 2.03 bits per heavy atom. The van der Waals surface area contributed by atoms with Gasteiger partial charge in [0.2, 0.25) is 5.91 Å². The summed E-state index contributed by atoms with van der Waals surface area (Å²) in [6.45, 7) is 3.61. The van der Waals surface area contributed by atoms with Gasteiger partial charge in [-0.05, 0) is 55.7 Å². The van der Waals surface area contributed by atoms with Crippen LogP contribution in [0.15, 0.2) is 48.7 Å². The first-order chi connectivity index (χ1) is 17.0. The highest BCUT2D eigenvalue weighted by Gasteiger charge is 2.45. The van der Waals surface area contributed by atoms with Crippen LogP contribution in [0.1, 0.15) is 50.3 Å². The van der Waals surface area contributed by atoms with Gasteiger partial charge in [0.25, 0.3) is 0 Å². The van der Waals surface area contributed by atoms with Crippen LogP contribution in [0.2, 0.25) is 5.02 Å². The molecule has 1 unspecified atom stereocenters. The molecule has 35 heavy (non-hydrogen) atoms. The number of fused-ring (bicyclic) bond motifs is 1. The van der Waals surface area contributed by atoms with E-state index in [2.05, 4.69) is 47.1 Å². The molecule has 2 aliphatic heterocycles. The van der Waals surface area contributed by atoms with E-state index in [0.29, 0.717) is 23.9 Å². The first-order valence-electron chi connectivity index (χ1n) is 12.6. The fourth-order valence-electron chi connectivity index (χ4n) is 5.53. The Bertz CT molecular complexity index is 1050. The fourth-order valence-corrected chi connectivity index (χ4v) is 5.65. The largest absolute Gasteiger partial charge is 0.330 e. The van der Waals surface area contributed by atoms with Crippen molar-refractivity contribution in [2.24, 2.45) is 5.92 Å². The Hall–Kier alpha value is -2.75. The molecule has 0 radical (unpaired) electrons. The van der Waals surface area contributed by atoms with E-state index in [0.717, 1.165) is 37.9 Å². The summed E-state index contributed by atoms with van der Waals surface area (Å²) in [5.41, 5.74) is 2.08. The van der Waals surface area contributed by atoms with Crippen LogP contribution in [0.5, 0.6) is 0 Å². The minimum Gasteiger partial charge on any atom is -0.330 e. The third kappa shape index (κ3) is 6.28.